The summed E-state index contributed by atoms with van der Waals surface area (Å²) in [5, 5.41) is 10.7. The topological polar surface area (TPSA) is 70.2 Å². The smallest absolute Gasteiger partial charge is 0.261 e. The Morgan fingerprint density at radius 1 is 1.00 bits per heavy atom. The lowest BCUT2D eigenvalue weighted by Gasteiger charge is -2.07. The molecule has 1 heterocycles. The second-order valence-corrected chi connectivity index (χ2v) is 5.91. The number of amides is 2. The molecule has 2 aromatic rings. The first-order chi connectivity index (χ1) is 11.2. The van der Waals surface area contributed by atoms with Gasteiger partial charge in [0.15, 0.2) is 0 Å². The van der Waals surface area contributed by atoms with Crippen LogP contribution >= 0.6 is 23.7 Å². The van der Waals surface area contributed by atoms with Crippen LogP contribution in [0.15, 0.2) is 41.8 Å². The van der Waals surface area contributed by atoms with Crippen LogP contribution in [0.2, 0.25) is 0 Å². The van der Waals surface area contributed by atoms with Gasteiger partial charge in [0.2, 0.25) is 0 Å². The van der Waals surface area contributed by atoms with Crippen molar-refractivity contribution in [3.63, 3.8) is 0 Å². The van der Waals surface area contributed by atoms with E-state index >= 15 is 0 Å². The third-order valence-corrected chi connectivity index (χ3v) is 4.12. The van der Waals surface area contributed by atoms with Gasteiger partial charge in [0, 0.05) is 25.2 Å². The van der Waals surface area contributed by atoms with Crippen molar-refractivity contribution in [2.24, 2.45) is 0 Å². The van der Waals surface area contributed by atoms with E-state index in [1.165, 1.54) is 11.3 Å². The number of benzene rings is 1. The monoisotopic (exact) mass is 367 g/mol. The number of carbonyl (C=O) groups excluding carboxylic acids is 2. The molecule has 1 aromatic carbocycles. The van der Waals surface area contributed by atoms with Crippen LogP contribution < -0.4 is 16.0 Å². The van der Waals surface area contributed by atoms with Crippen molar-refractivity contribution in [2.45, 2.75) is 13.5 Å². The maximum atomic E-state index is 11.9. The SMILES string of the molecule is CCNCCNC(=O)c1ccc(CNC(=O)c2cccs2)cc1.Cl. The van der Waals surface area contributed by atoms with Crippen molar-refractivity contribution in [2.75, 3.05) is 19.6 Å². The number of nitrogens with one attached hydrogen (secondary N) is 3. The van der Waals surface area contributed by atoms with Gasteiger partial charge in [-0.3, -0.25) is 9.59 Å². The van der Waals surface area contributed by atoms with Gasteiger partial charge >= 0.3 is 0 Å². The van der Waals surface area contributed by atoms with E-state index in [9.17, 15) is 9.59 Å². The van der Waals surface area contributed by atoms with E-state index in [4.69, 9.17) is 0 Å². The molecule has 5 nitrogen and oxygen atoms in total. The molecule has 0 radical (unpaired) electrons. The quantitative estimate of drug-likeness (QED) is 0.627. The largest absolute Gasteiger partial charge is 0.351 e. The molecule has 7 heteroatoms. The van der Waals surface area contributed by atoms with Gasteiger partial charge in [0.1, 0.15) is 0 Å². The molecule has 0 saturated carbocycles. The summed E-state index contributed by atoms with van der Waals surface area (Å²) < 4.78 is 0. The number of hydrogen-bond donors (Lipinski definition) is 3. The van der Waals surface area contributed by atoms with Crippen LogP contribution in [0, 0.1) is 0 Å². The number of thiophene rings is 1. The Bertz CT molecular complexity index is 630. The van der Waals surface area contributed by atoms with Crippen LogP contribution in [0.4, 0.5) is 0 Å². The fraction of sp³-hybridized carbons (Fsp3) is 0.294. The average molecular weight is 368 g/mol. The second kappa shape index (κ2) is 10.8. The maximum Gasteiger partial charge on any atom is 0.261 e. The maximum absolute atomic E-state index is 11.9. The lowest BCUT2D eigenvalue weighted by molar-refractivity contribution is 0.0945. The number of hydrogen-bond acceptors (Lipinski definition) is 4. The van der Waals surface area contributed by atoms with E-state index in [2.05, 4.69) is 16.0 Å². The second-order valence-electron chi connectivity index (χ2n) is 4.97. The highest BCUT2D eigenvalue weighted by atomic mass is 35.5. The minimum Gasteiger partial charge on any atom is -0.351 e. The molecule has 130 valence electrons. The fourth-order valence-electron chi connectivity index (χ4n) is 1.99. The standard InChI is InChI=1S/C17H21N3O2S.ClH/c1-2-18-9-10-19-16(21)14-7-5-13(6-8-14)12-20-17(22)15-4-3-11-23-15;/h3-8,11,18H,2,9-10,12H2,1H3,(H,19,21)(H,20,22);1H. The zero-order chi connectivity index (χ0) is 16.5. The van der Waals surface area contributed by atoms with Crippen LogP contribution in [-0.2, 0) is 6.54 Å². The molecule has 0 aliphatic carbocycles. The van der Waals surface area contributed by atoms with Crippen molar-refractivity contribution in [3.05, 3.63) is 57.8 Å². The molecule has 2 amide bonds. The van der Waals surface area contributed by atoms with Crippen molar-refractivity contribution in [1.82, 2.24) is 16.0 Å². The molecule has 3 N–H and O–H groups in total. The van der Waals surface area contributed by atoms with Gasteiger partial charge in [-0.15, -0.1) is 23.7 Å². The Morgan fingerprint density at radius 2 is 1.75 bits per heavy atom. The molecular weight excluding hydrogens is 346 g/mol. The van der Waals surface area contributed by atoms with Gasteiger partial charge in [0.05, 0.1) is 4.88 Å². The van der Waals surface area contributed by atoms with E-state index in [0.29, 0.717) is 23.5 Å². The molecule has 0 bridgehead atoms. The van der Waals surface area contributed by atoms with Crippen molar-refractivity contribution in [1.29, 1.82) is 0 Å². The van der Waals surface area contributed by atoms with Crippen LogP contribution in [0.5, 0.6) is 0 Å². The molecule has 0 spiro atoms. The highest BCUT2D eigenvalue weighted by molar-refractivity contribution is 7.12. The van der Waals surface area contributed by atoms with E-state index in [-0.39, 0.29) is 24.2 Å². The van der Waals surface area contributed by atoms with Gasteiger partial charge in [-0.25, -0.2) is 0 Å². The normalized spacial score (nSPS) is 9.88. The van der Waals surface area contributed by atoms with Gasteiger partial charge in [-0.1, -0.05) is 25.1 Å². The summed E-state index contributed by atoms with van der Waals surface area (Å²) in [7, 11) is 0. The lowest BCUT2D eigenvalue weighted by atomic mass is 10.1. The summed E-state index contributed by atoms with van der Waals surface area (Å²) in [5.41, 5.74) is 1.58. The fourth-order valence-corrected chi connectivity index (χ4v) is 2.63. The molecule has 0 unspecified atom stereocenters. The minimum atomic E-state index is -0.0860. The number of halogens is 1. The summed E-state index contributed by atoms with van der Waals surface area (Å²) >= 11 is 1.41. The summed E-state index contributed by atoms with van der Waals surface area (Å²) in [5.74, 6) is -0.165. The molecule has 0 saturated heterocycles. The zero-order valence-corrected chi connectivity index (χ0v) is 15.1. The van der Waals surface area contributed by atoms with Gasteiger partial charge in [-0.05, 0) is 35.7 Å². The molecule has 0 atom stereocenters. The van der Waals surface area contributed by atoms with Crippen LogP contribution in [-0.4, -0.2) is 31.4 Å². The Labute approximate surface area is 152 Å². The lowest BCUT2D eigenvalue weighted by Crippen LogP contribution is -2.31. The predicted octanol–water partition coefficient (Wildman–Crippen LogP) is 2.44. The van der Waals surface area contributed by atoms with Gasteiger partial charge in [-0.2, -0.15) is 0 Å². The van der Waals surface area contributed by atoms with E-state index in [1.54, 1.807) is 18.2 Å². The number of likely N-dealkylation sites (N-methyl/N-ethyl adjacent to an activating group) is 1. The highest BCUT2D eigenvalue weighted by Gasteiger charge is 2.07. The number of carbonyl (C=O) groups is 2. The van der Waals surface area contributed by atoms with Crippen molar-refractivity contribution in [3.8, 4) is 0 Å². The Morgan fingerprint density at radius 3 is 2.38 bits per heavy atom. The first-order valence-electron chi connectivity index (χ1n) is 7.60. The molecule has 0 aliphatic rings. The average Bonchev–Trinajstić information content (AvgIpc) is 3.11. The molecular formula is C17H22ClN3O2S. The number of rotatable bonds is 8. The zero-order valence-electron chi connectivity index (χ0n) is 13.5. The first kappa shape index (κ1) is 20.2. The predicted molar refractivity (Wildman–Crippen MR) is 100 cm³/mol. The Hall–Kier alpha value is -1.89. The third kappa shape index (κ3) is 6.31. The minimum absolute atomic E-state index is 0. The summed E-state index contributed by atoms with van der Waals surface area (Å²) in [6.07, 6.45) is 0. The third-order valence-electron chi connectivity index (χ3n) is 3.25. The molecule has 2 rings (SSSR count). The molecule has 0 fully saturated rings. The summed E-state index contributed by atoms with van der Waals surface area (Å²) in [6, 6.07) is 10.9. The van der Waals surface area contributed by atoms with Crippen molar-refractivity contribution < 1.29 is 9.59 Å². The van der Waals surface area contributed by atoms with Crippen LogP contribution in [0.1, 0.15) is 32.5 Å². The van der Waals surface area contributed by atoms with E-state index in [1.807, 2.05) is 30.5 Å². The highest BCUT2D eigenvalue weighted by Crippen LogP contribution is 2.09. The molecule has 0 aliphatic heterocycles. The molecule has 24 heavy (non-hydrogen) atoms. The molecule has 1 aromatic heterocycles. The first-order valence-corrected chi connectivity index (χ1v) is 8.48. The van der Waals surface area contributed by atoms with Gasteiger partial charge < -0.3 is 16.0 Å². The van der Waals surface area contributed by atoms with E-state index < -0.39 is 0 Å². The van der Waals surface area contributed by atoms with Gasteiger partial charge in [0.25, 0.3) is 11.8 Å². The van der Waals surface area contributed by atoms with Crippen LogP contribution in [0.3, 0.4) is 0 Å². The van der Waals surface area contributed by atoms with Crippen molar-refractivity contribution >= 4 is 35.6 Å². The summed E-state index contributed by atoms with van der Waals surface area (Å²) in [4.78, 5) is 24.5. The summed E-state index contributed by atoms with van der Waals surface area (Å²) in [6.45, 7) is 4.72. The van der Waals surface area contributed by atoms with Crippen LogP contribution in [0.25, 0.3) is 0 Å². The van der Waals surface area contributed by atoms with E-state index in [0.717, 1.165) is 18.7 Å². The Balaban J connectivity index is 0.00000288. The Kier molecular flexibility index (Phi) is 9.07.